The van der Waals surface area contributed by atoms with Crippen LogP contribution in [-0.2, 0) is 20.5 Å². The summed E-state index contributed by atoms with van der Waals surface area (Å²) in [6.45, 7) is 13.8. The first-order valence-electron chi connectivity index (χ1n) is 8.75. The zero-order valence-corrected chi connectivity index (χ0v) is 16.8. The normalized spacial score (nSPS) is 28.8. The molecule has 1 aliphatic rings. The second-order valence-corrected chi connectivity index (χ2v) is 13.0. The maximum atomic E-state index is 10.7. The first-order valence-corrected chi connectivity index (χ1v) is 11.7. The third-order valence-corrected chi connectivity index (χ3v) is 9.79. The molecular weight excluding hydrogens is 320 g/mol. The summed E-state index contributed by atoms with van der Waals surface area (Å²) in [7, 11) is -1.94. The number of ether oxygens (including phenoxy) is 2. The molecule has 1 aliphatic heterocycles. The van der Waals surface area contributed by atoms with E-state index in [1.165, 1.54) is 0 Å². The van der Waals surface area contributed by atoms with E-state index in [2.05, 4.69) is 33.9 Å². The monoisotopic (exact) mass is 352 g/mol. The molecule has 24 heavy (non-hydrogen) atoms. The number of benzene rings is 1. The molecule has 0 unspecified atom stereocenters. The molecule has 0 aromatic heterocycles. The van der Waals surface area contributed by atoms with Crippen LogP contribution in [0.5, 0.6) is 0 Å². The Balaban J connectivity index is 1.92. The average Bonchev–Trinajstić information content (AvgIpc) is 2.51. The van der Waals surface area contributed by atoms with Crippen molar-refractivity contribution in [3.8, 4) is 0 Å². The van der Waals surface area contributed by atoms with Crippen LogP contribution in [0.15, 0.2) is 30.3 Å². The van der Waals surface area contributed by atoms with E-state index in [1.807, 2.05) is 37.3 Å². The van der Waals surface area contributed by atoms with E-state index in [9.17, 15) is 5.11 Å². The molecule has 0 spiro atoms. The fourth-order valence-corrected chi connectivity index (χ4v) is 3.87. The van der Waals surface area contributed by atoms with Crippen LogP contribution in [0.25, 0.3) is 0 Å². The van der Waals surface area contributed by atoms with Crippen LogP contribution >= 0.6 is 0 Å². The maximum Gasteiger partial charge on any atom is 0.192 e. The van der Waals surface area contributed by atoms with E-state index >= 15 is 0 Å². The van der Waals surface area contributed by atoms with Gasteiger partial charge in [-0.05, 0) is 23.7 Å². The highest BCUT2D eigenvalue weighted by Crippen LogP contribution is 2.39. The molecule has 1 aromatic rings. The third-order valence-electron chi connectivity index (χ3n) is 5.28. The second-order valence-electron chi connectivity index (χ2n) is 8.26. The smallest absolute Gasteiger partial charge is 0.192 e. The molecule has 5 heteroatoms. The molecule has 136 valence electrons. The van der Waals surface area contributed by atoms with Crippen LogP contribution in [0.1, 0.15) is 33.3 Å². The van der Waals surface area contributed by atoms with E-state index in [-0.39, 0.29) is 17.1 Å². The predicted octanol–water partition coefficient (Wildman–Crippen LogP) is 3.95. The van der Waals surface area contributed by atoms with Crippen molar-refractivity contribution in [1.29, 1.82) is 0 Å². The molecule has 1 N–H and O–H groups in total. The summed E-state index contributed by atoms with van der Waals surface area (Å²) in [4.78, 5) is 0. The molecule has 0 aliphatic carbocycles. The SMILES string of the molecule is C[C@H]1[C@@H](OCc2ccccc2)OC[C@H](O[Si](C)(C)C(C)(C)C)[C@@H]1O. The van der Waals surface area contributed by atoms with Crippen molar-refractivity contribution >= 4 is 8.32 Å². The molecule has 0 radical (unpaired) electrons. The number of aliphatic hydroxyl groups is 1. The zero-order valence-electron chi connectivity index (χ0n) is 15.8. The van der Waals surface area contributed by atoms with Crippen LogP contribution in [0.2, 0.25) is 18.1 Å². The van der Waals surface area contributed by atoms with Crippen LogP contribution in [0.3, 0.4) is 0 Å². The molecule has 4 atom stereocenters. The number of aliphatic hydroxyl groups excluding tert-OH is 1. The average molecular weight is 353 g/mol. The van der Waals surface area contributed by atoms with Crippen molar-refractivity contribution in [2.75, 3.05) is 6.61 Å². The molecule has 1 fully saturated rings. The molecule has 1 saturated heterocycles. The maximum absolute atomic E-state index is 10.7. The van der Waals surface area contributed by atoms with Crippen molar-refractivity contribution < 1.29 is 19.0 Å². The van der Waals surface area contributed by atoms with Gasteiger partial charge >= 0.3 is 0 Å². The van der Waals surface area contributed by atoms with Crippen molar-refractivity contribution in [2.45, 2.75) is 70.9 Å². The first-order chi connectivity index (χ1) is 11.1. The number of rotatable bonds is 5. The van der Waals surface area contributed by atoms with Crippen LogP contribution in [-0.4, -0.2) is 38.5 Å². The fraction of sp³-hybridized carbons (Fsp3) is 0.684. The minimum absolute atomic E-state index is 0.108. The summed E-state index contributed by atoms with van der Waals surface area (Å²) in [6, 6.07) is 10.00. The van der Waals surface area contributed by atoms with Gasteiger partial charge in [0.05, 0.1) is 25.4 Å². The minimum atomic E-state index is -1.94. The van der Waals surface area contributed by atoms with Gasteiger partial charge in [-0.2, -0.15) is 0 Å². The molecule has 2 rings (SSSR count). The van der Waals surface area contributed by atoms with Crippen molar-refractivity contribution in [3.63, 3.8) is 0 Å². The van der Waals surface area contributed by atoms with Crippen LogP contribution < -0.4 is 0 Å². The van der Waals surface area contributed by atoms with E-state index in [0.29, 0.717) is 13.2 Å². The molecule has 0 saturated carbocycles. The lowest BCUT2D eigenvalue weighted by Gasteiger charge is -2.44. The van der Waals surface area contributed by atoms with Gasteiger partial charge in [-0.3, -0.25) is 0 Å². The van der Waals surface area contributed by atoms with E-state index in [4.69, 9.17) is 13.9 Å². The largest absolute Gasteiger partial charge is 0.409 e. The summed E-state index contributed by atoms with van der Waals surface area (Å²) < 4.78 is 18.1. The Hall–Kier alpha value is -0.723. The van der Waals surface area contributed by atoms with E-state index in [0.717, 1.165) is 5.56 Å². The summed E-state index contributed by atoms with van der Waals surface area (Å²) in [5, 5.41) is 10.8. The topological polar surface area (TPSA) is 47.9 Å². The Labute approximate surface area is 147 Å². The Morgan fingerprint density at radius 2 is 1.83 bits per heavy atom. The Morgan fingerprint density at radius 1 is 1.21 bits per heavy atom. The van der Waals surface area contributed by atoms with Gasteiger partial charge in [0.15, 0.2) is 14.6 Å². The van der Waals surface area contributed by atoms with Gasteiger partial charge in [0.2, 0.25) is 0 Å². The Kier molecular flexibility index (Phi) is 6.26. The van der Waals surface area contributed by atoms with Crippen molar-refractivity contribution in [2.24, 2.45) is 5.92 Å². The summed E-state index contributed by atoms with van der Waals surface area (Å²) >= 11 is 0. The van der Waals surface area contributed by atoms with Gasteiger partial charge in [-0.1, -0.05) is 58.0 Å². The van der Waals surface area contributed by atoms with Crippen molar-refractivity contribution in [1.82, 2.24) is 0 Å². The van der Waals surface area contributed by atoms with Crippen molar-refractivity contribution in [3.05, 3.63) is 35.9 Å². The molecule has 4 nitrogen and oxygen atoms in total. The number of hydrogen-bond donors (Lipinski definition) is 1. The van der Waals surface area contributed by atoms with Crippen LogP contribution in [0.4, 0.5) is 0 Å². The first kappa shape index (κ1) is 19.6. The fourth-order valence-electron chi connectivity index (χ4n) is 2.55. The summed E-state index contributed by atoms with van der Waals surface area (Å²) in [6.07, 6.45) is -1.26. The summed E-state index contributed by atoms with van der Waals surface area (Å²) in [5.41, 5.74) is 1.10. The minimum Gasteiger partial charge on any atom is -0.409 e. The third kappa shape index (κ3) is 4.67. The van der Waals surface area contributed by atoms with Gasteiger partial charge in [0.25, 0.3) is 0 Å². The lowest BCUT2D eigenvalue weighted by molar-refractivity contribution is -0.247. The van der Waals surface area contributed by atoms with Gasteiger partial charge in [0.1, 0.15) is 0 Å². The number of hydrogen-bond acceptors (Lipinski definition) is 4. The molecule has 1 aromatic carbocycles. The highest BCUT2D eigenvalue weighted by molar-refractivity contribution is 6.74. The van der Waals surface area contributed by atoms with E-state index in [1.54, 1.807) is 0 Å². The molecular formula is C19H32O4Si. The van der Waals surface area contributed by atoms with Gasteiger partial charge in [0, 0.05) is 5.92 Å². The molecule has 1 heterocycles. The van der Waals surface area contributed by atoms with Gasteiger partial charge in [-0.25, -0.2) is 0 Å². The molecule has 0 bridgehead atoms. The van der Waals surface area contributed by atoms with E-state index < -0.39 is 20.7 Å². The van der Waals surface area contributed by atoms with Crippen LogP contribution in [0, 0.1) is 5.92 Å². The lowest BCUT2D eigenvalue weighted by Crippen LogP contribution is -2.55. The highest BCUT2D eigenvalue weighted by atomic mass is 28.4. The quantitative estimate of drug-likeness (QED) is 0.815. The van der Waals surface area contributed by atoms with Gasteiger partial charge < -0.3 is 19.0 Å². The van der Waals surface area contributed by atoms with Gasteiger partial charge in [-0.15, -0.1) is 0 Å². The summed E-state index contributed by atoms with van der Waals surface area (Å²) in [5.74, 6) is -0.128. The zero-order chi connectivity index (χ0) is 18.0. The predicted molar refractivity (Wildman–Crippen MR) is 98.2 cm³/mol. The molecule has 0 amide bonds. The Bertz CT molecular complexity index is 512. The lowest BCUT2D eigenvalue weighted by atomic mass is 9.97. The standard InChI is InChI=1S/C19H32O4Si/c1-14-17(20)16(23-24(5,6)19(2,3)4)13-22-18(14)21-12-15-10-8-7-9-11-15/h7-11,14,16-18,20H,12-13H2,1-6H3/t14-,16+,17-,18+/m1/s1. The highest BCUT2D eigenvalue weighted by Gasteiger charge is 2.44. The second kappa shape index (κ2) is 7.66. The Morgan fingerprint density at radius 3 is 2.42 bits per heavy atom.